The highest BCUT2D eigenvalue weighted by atomic mass is 16.6. The summed E-state index contributed by atoms with van der Waals surface area (Å²) < 4.78 is 6.03. The van der Waals surface area contributed by atoms with Crippen LogP contribution < -0.4 is 5.56 Å². The minimum Gasteiger partial charge on any atom is -0.464 e. The quantitative estimate of drug-likeness (QED) is 0.457. The van der Waals surface area contributed by atoms with Gasteiger partial charge in [0.1, 0.15) is 0 Å². The molecule has 0 bridgehead atoms. The molecular formula is C16H17N3O5. The first-order valence-corrected chi connectivity index (χ1v) is 7.49. The van der Waals surface area contributed by atoms with Crippen molar-refractivity contribution in [3.05, 3.63) is 56.9 Å². The Morgan fingerprint density at radius 1 is 1.33 bits per heavy atom. The van der Waals surface area contributed by atoms with E-state index in [2.05, 4.69) is 5.10 Å². The predicted molar refractivity (Wildman–Crippen MR) is 86.5 cm³/mol. The maximum absolute atomic E-state index is 12.1. The molecule has 2 rings (SSSR count). The summed E-state index contributed by atoms with van der Waals surface area (Å²) in [5.41, 5.74) is 0.325. The highest BCUT2D eigenvalue weighted by Gasteiger charge is 2.22. The summed E-state index contributed by atoms with van der Waals surface area (Å²) >= 11 is 0. The smallest absolute Gasteiger partial charge is 0.331 e. The van der Waals surface area contributed by atoms with Crippen LogP contribution in [-0.2, 0) is 9.53 Å². The highest BCUT2D eigenvalue weighted by molar-refractivity contribution is 5.74. The van der Waals surface area contributed by atoms with Gasteiger partial charge in [0.15, 0.2) is 6.04 Å². The molecule has 0 saturated carbocycles. The predicted octanol–water partition coefficient (Wildman–Crippen LogP) is 2.33. The summed E-state index contributed by atoms with van der Waals surface area (Å²) in [6, 6.07) is 7.83. The fraction of sp³-hybridized carbons (Fsp3) is 0.312. The molecule has 126 valence electrons. The highest BCUT2D eigenvalue weighted by Crippen LogP contribution is 2.22. The molecule has 1 aromatic carbocycles. The Kier molecular flexibility index (Phi) is 5.41. The van der Waals surface area contributed by atoms with Gasteiger partial charge in [0, 0.05) is 23.8 Å². The second-order valence-corrected chi connectivity index (χ2v) is 4.98. The number of carbonyl (C=O) groups excluding carboxylic acids is 1. The van der Waals surface area contributed by atoms with E-state index in [0.717, 1.165) is 4.68 Å². The summed E-state index contributed by atoms with van der Waals surface area (Å²) in [7, 11) is 0. The maximum atomic E-state index is 12.1. The maximum Gasteiger partial charge on any atom is 0.331 e. The zero-order valence-corrected chi connectivity index (χ0v) is 13.3. The molecule has 0 amide bonds. The van der Waals surface area contributed by atoms with Crippen LogP contribution in [-0.4, -0.2) is 27.3 Å². The number of rotatable bonds is 6. The molecule has 8 nitrogen and oxygen atoms in total. The first-order valence-electron chi connectivity index (χ1n) is 7.49. The molecule has 0 N–H and O–H groups in total. The van der Waals surface area contributed by atoms with Gasteiger partial charge in [-0.05, 0) is 19.4 Å². The normalized spacial score (nSPS) is 11.8. The standard InChI is InChI=1S/C16H17N3O5/c1-3-14(16(21)24-4-2)18-15(20)9-8-13(17-18)11-6-5-7-12(10-11)19(22)23/h5-10,14H,3-4H2,1-2H3/t14-/m1/s1. The van der Waals surface area contributed by atoms with Crippen LogP contribution in [0.1, 0.15) is 26.3 Å². The molecular weight excluding hydrogens is 314 g/mol. The summed E-state index contributed by atoms with van der Waals surface area (Å²) in [5, 5.41) is 15.1. The number of carbonyl (C=O) groups is 1. The Morgan fingerprint density at radius 3 is 2.71 bits per heavy atom. The van der Waals surface area contributed by atoms with Crippen LogP contribution in [0.5, 0.6) is 0 Å². The van der Waals surface area contributed by atoms with Gasteiger partial charge < -0.3 is 4.74 Å². The van der Waals surface area contributed by atoms with E-state index in [1.54, 1.807) is 19.9 Å². The number of hydrogen-bond acceptors (Lipinski definition) is 6. The lowest BCUT2D eigenvalue weighted by Gasteiger charge is -2.16. The Morgan fingerprint density at radius 2 is 2.08 bits per heavy atom. The van der Waals surface area contributed by atoms with Crippen LogP contribution >= 0.6 is 0 Å². The van der Waals surface area contributed by atoms with Gasteiger partial charge in [-0.15, -0.1) is 0 Å². The molecule has 1 aromatic heterocycles. The molecule has 0 unspecified atom stereocenters. The van der Waals surface area contributed by atoms with E-state index in [1.165, 1.54) is 30.3 Å². The number of nitro benzene ring substituents is 1. The third-order valence-electron chi connectivity index (χ3n) is 3.42. The van der Waals surface area contributed by atoms with Gasteiger partial charge in [0.25, 0.3) is 11.2 Å². The van der Waals surface area contributed by atoms with Crippen molar-refractivity contribution >= 4 is 11.7 Å². The first-order chi connectivity index (χ1) is 11.5. The monoisotopic (exact) mass is 331 g/mol. The third-order valence-corrected chi connectivity index (χ3v) is 3.42. The molecule has 0 saturated heterocycles. The summed E-state index contributed by atoms with van der Waals surface area (Å²) in [6.07, 6.45) is 0.337. The number of ether oxygens (including phenoxy) is 1. The van der Waals surface area contributed by atoms with Gasteiger partial charge in [-0.3, -0.25) is 14.9 Å². The Hall–Kier alpha value is -3.03. The van der Waals surface area contributed by atoms with Gasteiger partial charge in [-0.2, -0.15) is 5.10 Å². The number of aromatic nitrogens is 2. The van der Waals surface area contributed by atoms with Crippen molar-refractivity contribution in [2.75, 3.05) is 6.61 Å². The van der Waals surface area contributed by atoms with Crippen LogP contribution in [0.25, 0.3) is 11.3 Å². The van der Waals surface area contributed by atoms with Gasteiger partial charge in [-0.1, -0.05) is 19.1 Å². The van der Waals surface area contributed by atoms with Gasteiger partial charge in [-0.25, -0.2) is 9.48 Å². The van der Waals surface area contributed by atoms with Crippen LogP contribution in [0.4, 0.5) is 5.69 Å². The van der Waals surface area contributed by atoms with E-state index >= 15 is 0 Å². The van der Waals surface area contributed by atoms with Crippen LogP contribution in [0.3, 0.4) is 0 Å². The van der Waals surface area contributed by atoms with E-state index in [1.807, 2.05) is 0 Å². The van der Waals surface area contributed by atoms with Gasteiger partial charge in [0.05, 0.1) is 17.2 Å². The Balaban J connectivity index is 2.48. The average molecular weight is 331 g/mol. The van der Waals surface area contributed by atoms with Crippen LogP contribution in [0, 0.1) is 10.1 Å². The van der Waals surface area contributed by atoms with Crippen molar-refractivity contribution in [3.63, 3.8) is 0 Å². The molecule has 24 heavy (non-hydrogen) atoms. The third kappa shape index (κ3) is 3.65. The fourth-order valence-electron chi connectivity index (χ4n) is 2.26. The van der Waals surface area contributed by atoms with Crippen molar-refractivity contribution < 1.29 is 14.5 Å². The van der Waals surface area contributed by atoms with E-state index in [0.29, 0.717) is 17.7 Å². The van der Waals surface area contributed by atoms with E-state index in [4.69, 9.17) is 4.74 Å². The molecule has 0 radical (unpaired) electrons. The van der Waals surface area contributed by atoms with E-state index in [9.17, 15) is 19.7 Å². The summed E-state index contributed by atoms with van der Waals surface area (Å²) in [6.45, 7) is 3.63. The average Bonchev–Trinajstić information content (AvgIpc) is 2.57. The zero-order chi connectivity index (χ0) is 17.7. The van der Waals surface area contributed by atoms with Crippen molar-refractivity contribution in [1.29, 1.82) is 0 Å². The largest absolute Gasteiger partial charge is 0.464 e. The Bertz CT molecular complexity index is 815. The topological polar surface area (TPSA) is 104 Å². The molecule has 1 heterocycles. The van der Waals surface area contributed by atoms with Crippen molar-refractivity contribution in [2.24, 2.45) is 0 Å². The number of esters is 1. The number of non-ortho nitro benzene ring substituents is 1. The Labute approximate surface area is 137 Å². The number of hydrogen-bond donors (Lipinski definition) is 0. The van der Waals surface area contributed by atoms with Crippen molar-refractivity contribution in [1.82, 2.24) is 9.78 Å². The summed E-state index contributed by atoms with van der Waals surface area (Å²) in [5.74, 6) is -0.536. The number of benzene rings is 1. The zero-order valence-electron chi connectivity index (χ0n) is 13.3. The molecule has 0 fully saturated rings. The van der Waals surface area contributed by atoms with Gasteiger partial charge in [0.2, 0.25) is 0 Å². The van der Waals surface area contributed by atoms with Gasteiger partial charge >= 0.3 is 5.97 Å². The molecule has 0 aliphatic carbocycles. The molecule has 2 aromatic rings. The van der Waals surface area contributed by atoms with E-state index < -0.39 is 22.5 Å². The molecule has 1 atom stereocenters. The number of nitrogens with zero attached hydrogens (tertiary/aromatic N) is 3. The van der Waals surface area contributed by atoms with Crippen molar-refractivity contribution in [2.45, 2.75) is 26.3 Å². The second-order valence-electron chi connectivity index (χ2n) is 4.98. The molecule has 8 heteroatoms. The van der Waals surface area contributed by atoms with Crippen molar-refractivity contribution in [3.8, 4) is 11.3 Å². The van der Waals surface area contributed by atoms with E-state index in [-0.39, 0.29) is 12.3 Å². The second kappa shape index (κ2) is 7.49. The lowest BCUT2D eigenvalue weighted by Crippen LogP contribution is -2.32. The van der Waals surface area contributed by atoms with Crippen LogP contribution in [0.15, 0.2) is 41.2 Å². The lowest BCUT2D eigenvalue weighted by atomic mass is 10.1. The van der Waals surface area contributed by atoms with Crippen LogP contribution in [0.2, 0.25) is 0 Å². The lowest BCUT2D eigenvalue weighted by molar-refractivity contribution is -0.384. The summed E-state index contributed by atoms with van der Waals surface area (Å²) in [4.78, 5) is 34.5. The first kappa shape index (κ1) is 17.3. The number of nitro groups is 1. The fourth-order valence-corrected chi connectivity index (χ4v) is 2.26. The minimum absolute atomic E-state index is 0.0792. The minimum atomic E-state index is -0.837. The molecule has 0 aliphatic rings. The molecule has 0 aliphatic heterocycles. The SMILES string of the molecule is CCOC(=O)[C@@H](CC)n1nc(-c2cccc([N+](=O)[O-])c2)ccc1=O. The molecule has 0 spiro atoms.